The Morgan fingerprint density at radius 2 is 2.00 bits per heavy atom. The van der Waals surface area contributed by atoms with Gasteiger partial charge in [-0.05, 0) is 37.3 Å². The molecule has 0 fully saturated rings. The molecule has 0 unspecified atom stereocenters. The lowest BCUT2D eigenvalue weighted by Crippen LogP contribution is -2.31. The summed E-state index contributed by atoms with van der Waals surface area (Å²) in [7, 11) is 0. The van der Waals surface area contributed by atoms with Gasteiger partial charge in [-0.25, -0.2) is 4.79 Å². The molecule has 0 bridgehead atoms. The standard InChI is InChI=1S/C18H16ClNO6/c1-11(26-17(21)9-23-14-4-2-3-12(19)7-14)18(22)20-13-5-6-15-16(8-13)25-10-24-15/h2-8,11H,9-10H2,1H3,(H,20,22)/t11-/m0/s1. The Hall–Kier alpha value is -2.93. The molecule has 0 aromatic heterocycles. The average Bonchev–Trinajstić information content (AvgIpc) is 3.07. The molecule has 2 aromatic carbocycles. The first-order chi connectivity index (χ1) is 12.5. The summed E-state index contributed by atoms with van der Waals surface area (Å²) in [4.78, 5) is 24.0. The van der Waals surface area contributed by atoms with Gasteiger partial charge in [0.2, 0.25) is 6.79 Å². The van der Waals surface area contributed by atoms with E-state index in [9.17, 15) is 9.59 Å². The minimum atomic E-state index is -0.990. The van der Waals surface area contributed by atoms with Gasteiger partial charge in [0.1, 0.15) is 5.75 Å². The molecular weight excluding hydrogens is 362 g/mol. The number of carbonyl (C=O) groups is 2. The molecule has 0 saturated carbocycles. The summed E-state index contributed by atoms with van der Waals surface area (Å²) in [6, 6.07) is 11.6. The van der Waals surface area contributed by atoms with E-state index in [-0.39, 0.29) is 13.4 Å². The molecule has 26 heavy (non-hydrogen) atoms. The third-order valence-corrected chi connectivity index (χ3v) is 3.71. The molecule has 0 aliphatic carbocycles. The number of halogens is 1. The summed E-state index contributed by atoms with van der Waals surface area (Å²) >= 11 is 5.83. The summed E-state index contributed by atoms with van der Waals surface area (Å²) < 4.78 is 20.8. The molecule has 1 atom stereocenters. The zero-order chi connectivity index (χ0) is 18.5. The number of carbonyl (C=O) groups excluding carboxylic acids is 2. The molecule has 7 nitrogen and oxygen atoms in total. The number of hydrogen-bond donors (Lipinski definition) is 1. The molecule has 1 aliphatic heterocycles. The number of nitrogens with one attached hydrogen (secondary N) is 1. The smallest absolute Gasteiger partial charge is 0.344 e. The maximum Gasteiger partial charge on any atom is 0.344 e. The van der Waals surface area contributed by atoms with E-state index < -0.39 is 18.0 Å². The van der Waals surface area contributed by atoms with Gasteiger partial charge in [-0.15, -0.1) is 0 Å². The van der Waals surface area contributed by atoms with E-state index in [2.05, 4.69) is 5.32 Å². The summed E-state index contributed by atoms with van der Waals surface area (Å²) in [5.74, 6) is 0.452. The lowest BCUT2D eigenvalue weighted by molar-refractivity contribution is -0.155. The van der Waals surface area contributed by atoms with Crippen LogP contribution in [0.15, 0.2) is 42.5 Å². The predicted octanol–water partition coefficient (Wildman–Crippen LogP) is 3.02. The van der Waals surface area contributed by atoms with Gasteiger partial charge in [0, 0.05) is 16.8 Å². The van der Waals surface area contributed by atoms with Gasteiger partial charge in [0.05, 0.1) is 0 Å². The van der Waals surface area contributed by atoms with Gasteiger partial charge >= 0.3 is 5.97 Å². The maximum atomic E-state index is 12.1. The molecular formula is C18H16ClNO6. The average molecular weight is 378 g/mol. The van der Waals surface area contributed by atoms with Gasteiger partial charge in [0.25, 0.3) is 5.91 Å². The lowest BCUT2D eigenvalue weighted by Gasteiger charge is -2.14. The highest BCUT2D eigenvalue weighted by Crippen LogP contribution is 2.34. The first-order valence-electron chi connectivity index (χ1n) is 7.79. The first-order valence-corrected chi connectivity index (χ1v) is 8.17. The fourth-order valence-corrected chi connectivity index (χ4v) is 2.38. The summed E-state index contributed by atoms with van der Waals surface area (Å²) in [6.45, 7) is 1.29. The molecule has 1 heterocycles. The van der Waals surface area contributed by atoms with E-state index in [1.807, 2.05) is 0 Å². The van der Waals surface area contributed by atoms with Crippen LogP contribution in [0.3, 0.4) is 0 Å². The van der Waals surface area contributed by atoms with Crippen LogP contribution < -0.4 is 19.5 Å². The molecule has 1 aliphatic rings. The number of rotatable bonds is 6. The highest BCUT2D eigenvalue weighted by atomic mass is 35.5. The second kappa shape index (κ2) is 7.97. The Bertz CT molecular complexity index is 825. The molecule has 0 radical (unpaired) electrons. The third-order valence-electron chi connectivity index (χ3n) is 3.47. The maximum absolute atomic E-state index is 12.1. The van der Waals surface area contributed by atoms with Gasteiger partial charge in [-0.1, -0.05) is 17.7 Å². The van der Waals surface area contributed by atoms with Crippen LogP contribution in [0.25, 0.3) is 0 Å². The second-order valence-electron chi connectivity index (χ2n) is 5.44. The molecule has 2 aromatic rings. The van der Waals surface area contributed by atoms with Crippen LogP contribution in [0.4, 0.5) is 5.69 Å². The Labute approximate surface area is 154 Å². The fraction of sp³-hybridized carbons (Fsp3) is 0.222. The SMILES string of the molecule is C[C@H](OC(=O)COc1cccc(Cl)c1)C(=O)Nc1ccc2c(c1)OCO2. The predicted molar refractivity (Wildman–Crippen MR) is 93.7 cm³/mol. The molecule has 1 amide bonds. The zero-order valence-electron chi connectivity index (χ0n) is 13.9. The van der Waals surface area contributed by atoms with Crippen molar-refractivity contribution >= 4 is 29.2 Å². The summed E-state index contributed by atoms with van der Waals surface area (Å²) in [5, 5.41) is 3.14. The number of benzene rings is 2. The molecule has 0 saturated heterocycles. The third kappa shape index (κ3) is 4.58. The molecule has 0 spiro atoms. The van der Waals surface area contributed by atoms with E-state index in [1.165, 1.54) is 6.92 Å². The Morgan fingerprint density at radius 3 is 2.81 bits per heavy atom. The van der Waals surface area contributed by atoms with Crippen molar-refractivity contribution < 1.29 is 28.5 Å². The van der Waals surface area contributed by atoms with Gasteiger partial charge in [-0.2, -0.15) is 0 Å². The lowest BCUT2D eigenvalue weighted by atomic mass is 10.2. The van der Waals surface area contributed by atoms with E-state index in [0.29, 0.717) is 28.0 Å². The summed E-state index contributed by atoms with van der Waals surface area (Å²) in [5.41, 5.74) is 0.511. The number of amides is 1. The molecule has 136 valence electrons. The van der Waals surface area contributed by atoms with Crippen molar-refractivity contribution in [3.8, 4) is 17.2 Å². The van der Waals surface area contributed by atoms with E-state index in [0.717, 1.165) is 0 Å². The fourth-order valence-electron chi connectivity index (χ4n) is 2.20. The van der Waals surface area contributed by atoms with Crippen molar-refractivity contribution in [2.45, 2.75) is 13.0 Å². The number of anilines is 1. The highest BCUT2D eigenvalue weighted by molar-refractivity contribution is 6.30. The van der Waals surface area contributed by atoms with Crippen molar-refractivity contribution in [3.05, 3.63) is 47.5 Å². The van der Waals surface area contributed by atoms with Crippen LogP contribution in [-0.4, -0.2) is 31.4 Å². The highest BCUT2D eigenvalue weighted by Gasteiger charge is 2.20. The van der Waals surface area contributed by atoms with Crippen molar-refractivity contribution in [2.24, 2.45) is 0 Å². The Kier molecular flexibility index (Phi) is 5.48. The van der Waals surface area contributed by atoms with E-state index in [1.54, 1.807) is 42.5 Å². The van der Waals surface area contributed by atoms with E-state index >= 15 is 0 Å². The zero-order valence-corrected chi connectivity index (χ0v) is 14.6. The minimum Gasteiger partial charge on any atom is -0.482 e. The van der Waals surface area contributed by atoms with Crippen molar-refractivity contribution in [2.75, 3.05) is 18.7 Å². The number of fused-ring (bicyclic) bond motifs is 1. The number of hydrogen-bond acceptors (Lipinski definition) is 6. The van der Waals surface area contributed by atoms with Crippen LogP contribution in [0.1, 0.15) is 6.92 Å². The number of ether oxygens (including phenoxy) is 4. The normalized spacial score (nSPS) is 13.0. The van der Waals surface area contributed by atoms with Crippen LogP contribution in [0, 0.1) is 0 Å². The molecule has 1 N–H and O–H groups in total. The van der Waals surface area contributed by atoms with E-state index in [4.69, 9.17) is 30.5 Å². The monoisotopic (exact) mass is 377 g/mol. The Morgan fingerprint density at radius 1 is 1.19 bits per heavy atom. The van der Waals surface area contributed by atoms with Crippen LogP contribution in [0.2, 0.25) is 5.02 Å². The largest absolute Gasteiger partial charge is 0.482 e. The van der Waals surface area contributed by atoms with Crippen molar-refractivity contribution in [1.29, 1.82) is 0 Å². The second-order valence-corrected chi connectivity index (χ2v) is 5.87. The van der Waals surface area contributed by atoms with Crippen LogP contribution >= 0.6 is 11.6 Å². The quantitative estimate of drug-likeness (QED) is 0.779. The van der Waals surface area contributed by atoms with Gasteiger partial charge in [-0.3, -0.25) is 4.79 Å². The molecule has 8 heteroatoms. The topological polar surface area (TPSA) is 83.1 Å². The van der Waals surface area contributed by atoms with Crippen molar-refractivity contribution in [1.82, 2.24) is 0 Å². The first kappa shape index (κ1) is 17.9. The van der Waals surface area contributed by atoms with Crippen LogP contribution in [0.5, 0.6) is 17.2 Å². The van der Waals surface area contributed by atoms with Gasteiger partial charge in [0.15, 0.2) is 24.2 Å². The number of esters is 1. The Balaban J connectivity index is 1.48. The van der Waals surface area contributed by atoms with Gasteiger partial charge < -0.3 is 24.3 Å². The van der Waals surface area contributed by atoms with Crippen molar-refractivity contribution in [3.63, 3.8) is 0 Å². The molecule has 3 rings (SSSR count). The minimum absolute atomic E-state index is 0.146. The van der Waals surface area contributed by atoms with Crippen LogP contribution in [-0.2, 0) is 14.3 Å². The summed E-state index contributed by atoms with van der Waals surface area (Å²) in [6.07, 6.45) is -0.990.